The molecule has 0 N–H and O–H groups in total. The van der Waals surface area contributed by atoms with Gasteiger partial charge in [-0.05, 0) is 0 Å². The molecule has 0 aromatic carbocycles. The van der Waals surface area contributed by atoms with E-state index >= 15 is 0 Å². The Hall–Kier alpha value is -1.21. The van der Waals surface area contributed by atoms with Crippen molar-refractivity contribution in [3.8, 4) is 6.07 Å². The lowest BCUT2D eigenvalue weighted by Crippen LogP contribution is -1.93. The van der Waals surface area contributed by atoms with Crippen molar-refractivity contribution in [3.63, 3.8) is 0 Å². The number of nitrogens with zero attached hydrogens (tertiary/aromatic N) is 2. The van der Waals surface area contributed by atoms with Crippen LogP contribution in [0.25, 0.3) is 0 Å². The topological polar surface area (TPSA) is 36.7 Å². The molecular formula is C6HClF2N2. The van der Waals surface area contributed by atoms with Crippen molar-refractivity contribution in [2.45, 2.75) is 0 Å². The summed E-state index contributed by atoms with van der Waals surface area (Å²) >= 11 is 5.31. The van der Waals surface area contributed by atoms with Crippen LogP contribution in [0.1, 0.15) is 5.69 Å². The first-order valence-corrected chi connectivity index (χ1v) is 2.94. The fraction of sp³-hybridized carbons (Fsp3) is 0. The van der Waals surface area contributed by atoms with Crippen LogP contribution in [0.3, 0.4) is 0 Å². The lowest BCUT2D eigenvalue weighted by Gasteiger charge is -1.93. The van der Waals surface area contributed by atoms with Gasteiger partial charge in [0, 0.05) is 6.07 Å². The number of hydrogen-bond donors (Lipinski definition) is 0. The number of hydrogen-bond acceptors (Lipinski definition) is 2. The van der Waals surface area contributed by atoms with Gasteiger partial charge in [0.25, 0.3) is 0 Å². The van der Waals surface area contributed by atoms with Crippen LogP contribution in [0.4, 0.5) is 8.78 Å². The Bertz CT molecular complexity index is 332. The third-order valence-electron chi connectivity index (χ3n) is 0.993. The molecule has 1 rings (SSSR count). The standard InChI is InChI=1S/C6HClF2N2/c7-3-1-4(8)6(9)11-5(3)2-10/h1H. The molecule has 0 radical (unpaired) electrons. The van der Waals surface area contributed by atoms with E-state index in [0.717, 1.165) is 0 Å². The van der Waals surface area contributed by atoms with E-state index in [1.54, 1.807) is 0 Å². The minimum Gasteiger partial charge on any atom is -0.205 e. The van der Waals surface area contributed by atoms with Gasteiger partial charge in [-0.25, -0.2) is 9.37 Å². The Morgan fingerprint density at radius 2 is 2.18 bits per heavy atom. The Morgan fingerprint density at radius 1 is 1.55 bits per heavy atom. The Balaban J connectivity index is 3.35. The van der Waals surface area contributed by atoms with Gasteiger partial charge >= 0.3 is 0 Å². The van der Waals surface area contributed by atoms with Crippen LogP contribution in [0.2, 0.25) is 5.02 Å². The highest BCUT2D eigenvalue weighted by molar-refractivity contribution is 6.31. The van der Waals surface area contributed by atoms with Gasteiger partial charge in [-0.1, -0.05) is 11.6 Å². The monoisotopic (exact) mass is 174 g/mol. The zero-order valence-electron chi connectivity index (χ0n) is 5.11. The van der Waals surface area contributed by atoms with Gasteiger partial charge in [-0.2, -0.15) is 9.65 Å². The number of rotatable bonds is 0. The molecular weight excluding hydrogens is 174 g/mol. The van der Waals surface area contributed by atoms with Crippen LogP contribution in [0.5, 0.6) is 0 Å². The number of pyridine rings is 1. The summed E-state index contributed by atoms with van der Waals surface area (Å²) in [5, 5.41) is 8.06. The lowest BCUT2D eigenvalue weighted by molar-refractivity contribution is 0.478. The van der Waals surface area contributed by atoms with Gasteiger partial charge in [0.1, 0.15) is 6.07 Å². The van der Waals surface area contributed by atoms with Crippen molar-refractivity contribution >= 4 is 11.6 Å². The average molecular weight is 175 g/mol. The third-order valence-corrected chi connectivity index (χ3v) is 1.28. The lowest BCUT2D eigenvalue weighted by atomic mass is 10.4. The van der Waals surface area contributed by atoms with Gasteiger partial charge < -0.3 is 0 Å². The summed E-state index contributed by atoms with van der Waals surface area (Å²) in [6.45, 7) is 0. The average Bonchev–Trinajstić information content (AvgIpc) is 1.97. The Kier molecular flexibility index (Phi) is 2.01. The molecule has 1 heterocycles. The number of nitriles is 1. The Labute approximate surface area is 66.0 Å². The fourth-order valence-corrected chi connectivity index (χ4v) is 0.703. The van der Waals surface area contributed by atoms with Crippen molar-refractivity contribution in [3.05, 3.63) is 28.5 Å². The van der Waals surface area contributed by atoms with E-state index < -0.39 is 11.8 Å². The van der Waals surface area contributed by atoms with E-state index in [2.05, 4.69) is 4.98 Å². The molecule has 1 aromatic heterocycles. The fourth-order valence-electron chi connectivity index (χ4n) is 0.523. The summed E-state index contributed by atoms with van der Waals surface area (Å²) in [5.41, 5.74) is -0.314. The zero-order chi connectivity index (χ0) is 8.43. The van der Waals surface area contributed by atoms with E-state index in [-0.39, 0.29) is 10.7 Å². The van der Waals surface area contributed by atoms with Crippen LogP contribution in [0.15, 0.2) is 6.07 Å². The molecule has 0 aliphatic rings. The Morgan fingerprint density at radius 3 is 2.73 bits per heavy atom. The summed E-state index contributed by atoms with van der Waals surface area (Å²) in [6, 6.07) is 2.22. The molecule has 0 fully saturated rings. The van der Waals surface area contributed by atoms with Crippen LogP contribution in [0, 0.1) is 23.1 Å². The molecule has 0 unspecified atom stereocenters. The predicted molar refractivity (Wildman–Crippen MR) is 33.9 cm³/mol. The van der Waals surface area contributed by atoms with E-state index in [1.165, 1.54) is 6.07 Å². The molecule has 5 heteroatoms. The van der Waals surface area contributed by atoms with Crippen molar-refractivity contribution in [1.29, 1.82) is 5.26 Å². The summed E-state index contributed by atoms with van der Waals surface area (Å²) in [4.78, 5) is 2.96. The van der Waals surface area contributed by atoms with Crippen LogP contribution < -0.4 is 0 Å². The van der Waals surface area contributed by atoms with E-state index in [9.17, 15) is 8.78 Å². The third kappa shape index (κ3) is 1.44. The SMILES string of the molecule is N#Cc1nc(F)c(F)cc1Cl. The highest BCUT2D eigenvalue weighted by Gasteiger charge is 2.08. The second kappa shape index (κ2) is 2.81. The molecule has 1 aromatic rings. The molecule has 0 atom stereocenters. The molecule has 11 heavy (non-hydrogen) atoms. The van der Waals surface area contributed by atoms with Crippen molar-refractivity contribution in [1.82, 2.24) is 4.98 Å². The first-order valence-electron chi connectivity index (χ1n) is 2.57. The van der Waals surface area contributed by atoms with Crippen LogP contribution >= 0.6 is 11.6 Å². The van der Waals surface area contributed by atoms with E-state index in [4.69, 9.17) is 16.9 Å². The first-order chi connectivity index (χ1) is 5.15. The van der Waals surface area contributed by atoms with E-state index in [0.29, 0.717) is 6.07 Å². The molecule has 0 spiro atoms. The van der Waals surface area contributed by atoms with Crippen molar-refractivity contribution in [2.75, 3.05) is 0 Å². The molecule has 0 aliphatic heterocycles. The maximum absolute atomic E-state index is 12.3. The predicted octanol–water partition coefficient (Wildman–Crippen LogP) is 1.88. The molecule has 0 saturated heterocycles. The summed E-state index contributed by atoms with van der Waals surface area (Å²) in [7, 11) is 0. The maximum Gasteiger partial charge on any atom is 0.250 e. The quantitative estimate of drug-likeness (QED) is 0.563. The van der Waals surface area contributed by atoms with Crippen molar-refractivity contribution in [2.24, 2.45) is 0 Å². The minimum absolute atomic E-state index is 0.189. The second-order valence-electron chi connectivity index (χ2n) is 1.70. The maximum atomic E-state index is 12.3. The van der Waals surface area contributed by atoms with Gasteiger partial charge in [0.2, 0.25) is 5.95 Å². The molecule has 0 saturated carbocycles. The van der Waals surface area contributed by atoms with Crippen LogP contribution in [-0.2, 0) is 0 Å². The van der Waals surface area contributed by atoms with Crippen molar-refractivity contribution < 1.29 is 8.78 Å². The van der Waals surface area contributed by atoms with Gasteiger partial charge in [-0.3, -0.25) is 0 Å². The smallest absolute Gasteiger partial charge is 0.205 e. The summed E-state index contributed by atoms with van der Waals surface area (Å²) in [6.07, 6.45) is 0. The molecule has 0 amide bonds. The molecule has 56 valence electrons. The molecule has 0 bridgehead atoms. The van der Waals surface area contributed by atoms with E-state index in [1.807, 2.05) is 0 Å². The normalized spacial score (nSPS) is 9.27. The molecule has 0 aliphatic carbocycles. The molecule has 2 nitrogen and oxygen atoms in total. The highest BCUT2D eigenvalue weighted by atomic mass is 35.5. The van der Waals surface area contributed by atoms with Crippen LogP contribution in [-0.4, -0.2) is 4.98 Å². The zero-order valence-corrected chi connectivity index (χ0v) is 5.86. The van der Waals surface area contributed by atoms with Gasteiger partial charge in [0.15, 0.2) is 11.5 Å². The minimum atomic E-state index is -1.31. The highest BCUT2D eigenvalue weighted by Crippen LogP contribution is 2.15. The summed E-state index contributed by atoms with van der Waals surface area (Å²) in [5.74, 6) is -2.47. The van der Waals surface area contributed by atoms with Gasteiger partial charge in [0.05, 0.1) is 5.02 Å². The second-order valence-corrected chi connectivity index (χ2v) is 2.11. The van der Waals surface area contributed by atoms with Gasteiger partial charge in [-0.15, -0.1) is 0 Å². The largest absolute Gasteiger partial charge is 0.250 e. The number of halogens is 3. The summed E-state index contributed by atoms with van der Waals surface area (Å²) < 4.78 is 24.5. The number of aromatic nitrogens is 1. The first kappa shape index (κ1) is 7.89.